The van der Waals surface area contributed by atoms with Gasteiger partial charge in [0.15, 0.2) is 0 Å². The van der Waals surface area contributed by atoms with Crippen molar-refractivity contribution in [2.75, 3.05) is 19.6 Å². The minimum absolute atomic E-state index is 0.0786. The third kappa shape index (κ3) is 2.09. The van der Waals surface area contributed by atoms with Crippen LogP contribution in [-0.4, -0.2) is 36.2 Å². The van der Waals surface area contributed by atoms with Gasteiger partial charge in [-0.3, -0.25) is 4.90 Å². The monoisotopic (exact) mass is 234 g/mol. The highest BCUT2D eigenvalue weighted by Crippen LogP contribution is 2.36. The highest BCUT2D eigenvalue weighted by molar-refractivity contribution is 5.16. The van der Waals surface area contributed by atoms with Gasteiger partial charge in [-0.05, 0) is 24.9 Å². The Hall–Kier alpha value is -0.930. The summed E-state index contributed by atoms with van der Waals surface area (Å²) in [6.07, 6.45) is 1.13. The SMILES string of the molecule is FC1CN(Cc2ccccc2)C2(CCNC2)C1. The molecule has 3 heteroatoms. The molecular weight excluding hydrogens is 215 g/mol. The number of nitrogens with one attached hydrogen (secondary N) is 1. The lowest BCUT2D eigenvalue weighted by atomic mass is 9.94. The first-order valence-corrected chi connectivity index (χ1v) is 6.42. The molecule has 2 fully saturated rings. The molecule has 3 rings (SSSR count). The number of hydrogen-bond donors (Lipinski definition) is 1. The van der Waals surface area contributed by atoms with Gasteiger partial charge in [0, 0.05) is 25.2 Å². The Labute approximate surface area is 102 Å². The van der Waals surface area contributed by atoms with Crippen molar-refractivity contribution in [1.82, 2.24) is 10.2 Å². The van der Waals surface area contributed by atoms with Crippen LogP contribution in [0, 0.1) is 0 Å². The second-order valence-electron chi connectivity index (χ2n) is 5.32. The summed E-state index contributed by atoms with van der Waals surface area (Å²) in [6.45, 7) is 3.44. The number of likely N-dealkylation sites (tertiary alicyclic amines) is 1. The van der Waals surface area contributed by atoms with E-state index >= 15 is 0 Å². The molecule has 1 N–H and O–H groups in total. The van der Waals surface area contributed by atoms with Gasteiger partial charge in [0.25, 0.3) is 0 Å². The van der Waals surface area contributed by atoms with Gasteiger partial charge in [0.05, 0.1) is 0 Å². The van der Waals surface area contributed by atoms with Crippen LogP contribution in [0.5, 0.6) is 0 Å². The van der Waals surface area contributed by atoms with Crippen LogP contribution in [-0.2, 0) is 6.54 Å². The summed E-state index contributed by atoms with van der Waals surface area (Å²) < 4.78 is 13.7. The third-order valence-electron chi connectivity index (χ3n) is 4.13. The summed E-state index contributed by atoms with van der Waals surface area (Å²) >= 11 is 0. The van der Waals surface area contributed by atoms with E-state index in [0.717, 1.165) is 26.1 Å². The van der Waals surface area contributed by atoms with E-state index in [4.69, 9.17) is 0 Å². The molecule has 2 atom stereocenters. The molecule has 2 heterocycles. The molecule has 2 aliphatic heterocycles. The zero-order chi connectivity index (χ0) is 11.7. The van der Waals surface area contributed by atoms with Crippen molar-refractivity contribution in [2.45, 2.75) is 31.1 Å². The number of rotatable bonds is 2. The highest BCUT2D eigenvalue weighted by Gasteiger charge is 2.47. The lowest BCUT2D eigenvalue weighted by Crippen LogP contribution is -2.44. The maximum absolute atomic E-state index is 13.7. The number of halogens is 1. The molecule has 0 aliphatic carbocycles. The van der Waals surface area contributed by atoms with E-state index in [-0.39, 0.29) is 5.54 Å². The normalized spacial score (nSPS) is 33.6. The molecule has 2 unspecified atom stereocenters. The zero-order valence-corrected chi connectivity index (χ0v) is 10.0. The summed E-state index contributed by atoms with van der Waals surface area (Å²) in [5.74, 6) is 0. The maximum atomic E-state index is 13.7. The predicted octanol–water partition coefficient (Wildman–Crippen LogP) is 1.96. The van der Waals surface area contributed by atoms with Gasteiger partial charge < -0.3 is 5.32 Å². The topological polar surface area (TPSA) is 15.3 Å². The van der Waals surface area contributed by atoms with Gasteiger partial charge in [0.2, 0.25) is 0 Å². The maximum Gasteiger partial charge on any atom is 0.115 e. The number of benzene rings is 1. The lowest BCUT2D eigenvalue weighted by Gasteiger charge is -2.34. The standard InChI is InChI=1S/C14H19FN2/c15-13-8-14(6-7-16-11-14)17(10-13)9-12-4-2-1-3-5-12/h1-5,13,16H,6-11H2. The molecule has 0 bridgehead atoms. The van der Waals surface area contributed by atoms with E-state index in [1.54, 1.807) is 0 Å². The smallest absolute Gasteiger partial charge is 0.115 e. The molecular formula is C14H19FN2. The van der Waals surface area contributed by atoms with Gasteiger partial charge in [-0.2, -0.15) is 0 Å². The molecule has 0 aromatic heterocycles. The molecule has 2 aliphatic rings. The Kier molecular flexibility index (Phi) is 2.89. The van der Waals surface area contributed by atoms with E-state index in [2.05, 4.69) is 34.5 Å². The van der Waals surface area contributed by atoms with E-state index in [9.17, 15) is 4.39 Å². The van der Waals surface area contributed by atoms with Crippen molar-refractivity contribution in [3.05, 3.63) is 35.9 Å². The molecule has 2 saturated heterocycles. The van der Waals surface area contributed by atoms with Crippen molar-refractivity contribution >= 4 is 0 Å². The van der Waals surface area contributed by atoms with Gasteiger partial charge in [-0.1, -0.05) is 30.3 Å². The first-order valence-electron chi connectivity index (χ1n) is 6.42. The van der Waals surface area contributed by atoms with Crippen LogP contribution in [0.1, 0.15) is 18.4 Å². The Morgan fingerprint density at radius 1 is 1.35 bits per heavy atom. The summed E-state index contributed by atoms with van der Waals surface area (Å²) in [6, 6.07) is 10.4. The van der Waals surface area contributed by atoms with Crippen LogP contribution in [0.15, 0.2) is 30.3 Å². The second-order valence-corrected chi connectivity index (χ2v) is 5.32. The first-order chi connectivity index (χ1) is 8.28. The van der Waals surface area contributed by atoms with Crippen LogP contribution in [0.25, 0.3) is 0 Å². The minimum atomic E-state index is -0.654. The van der Waals surface area contributed by atoms with Crippen molar-refractivity contribution in [1.29, 1.82) is 0 Å². The quantitative estimate of drug-likeness (QED) is 0.841. The minimum Gasteiger partial charge on any atom is -0.315 e. The second kappa shape index (κ2) is 4.39. The molecule has 92 valence electrons. The van der Waals surface area contributed by atoms with Crippen LogP contribution in [0.3, 0.4) is 0 Å². The number of alkyl halides is 1. The van der Waals surface area contributed by atoms with Gasteiger partial charge in [-0.15, -0.1) is 0 Å². The summed E-state index contributed by atoms with van der Waals surface area (Å²) in [4.78, 5) is 2.34. The summed E-state index contributed by atoms with van der Waals surface area (Å²) in [7, 11) is 0. The predicted molar refractivity (Wildman–Crippen MR) is 66.6 cm³/mol. The molecule has 1 spiro atoms. The molecule has 1 aromatic rings. The first kappa shape index (κ1) is 11.2. The van der Waals surface area contributed by atoms with E-state index in [1.807, 2.05) is 6.07 Å². The van der Waals surface area contributed by atoms with Gasteiger partial charge in [-0.25, -0.2) is 4.39 Å². The molecule has 0 amide bonds. The lowest BCUT2D eigenvalue weighted by molar-refractivity contribution is 0.147. The largest absolute Gasteiger partial charge is 0.315 e. The average Bonchev–Trinajstić information content (AvgIpc) is 2.90. The van der Waals surface area contributed by atoms with Crippen molar-refractivity contribution in [3.63, 3.8) is 0 Å². The van der Waals surface area contributed by atoms with E-state index < -0.39 is 6.17 Å². The van der Waals surface area contributed by atoms with Crippen LogP contribution in [0.4, 0.5) is 4.39 Å². The number of nitrogens with zero attached hydrogens (tertiary/aromatic N) is 1. The van der Waals surface area contributed by atoms with Crippen molar-refractivity contribution < 1.29 is 4.39 Å². The van der Waals surface area contributed by atoms with Crippen molar-refractivity contribution in [2.24, 2.45) is 0 Å². The Bertz CT molecular complexity index is 373. The van der Waals surface area contributed by atoms with Gasteiger partial charge >= 0.3 is 0 Å². The fraction of sp³-hybridized carbons (Fsp3) is 0.571. The van der Waals surface area contributed by atoms with Crippen LogP contribution < -0.4 is 5.32 Å². The summed E-state index contributed by atoms with van der Waals surface area (Å²) in [5, 5.41) is 3.38. The molecule has 2 nitrogen and oxygen atoms in total. The van der Waals surface area contributed by atoms with Crippen LogP contribution in [0.2, 0.25) is 0 Å². The van der Waals surface area contributed by atoms with E-state index in [0.29, 0.717) is 13.0 Å². The third-order valence-corrected chi connectivity index (χ3v) is 4.13. The average molecular weight is 234 g/mol. The van der Waals surface area contributed by atoms with Crippen LogP contribution >= 0.6 is 0 Å². The molecule has 0 saturated carbocycles. The molecule has 0 radical (unpaired) electrons. The highest BCUT2D eigenvalue weighted by atomic mass is 19.1. The van der Waals surface area contributed by atoms with Gasteiger partial charge in [0.1, 0.15) is 6.17 Å². The van der Waals surface area contributed by atoms with E-state index in [1.165, 1.54) is 5.56 Å². The zero-order valence-electron chi connectivity index (χ0n) is 10.0. The number of hydrogen-bond acceptors (Lipinski definition) is 2. The Morgan fingerprint density at radius 3 is 2.88 bits per heavy atom. The Balaban J connectivity index is 1.77. The summed E-state index contributed by atoms with van der Waals surface area (Å²) in [5.41, 5.74) is 1.36. The van der Waals surface area contributed by atoms with Crippen molar-refractivity contribution in [3.8, 4) is 0 Å². The fourth-order valence-electron chi connectivity index (χ4n) is 3.25. The molecule has 17 heavy (non-hydrogen) atoms. The molecule has 1 aromatic carbocycles. The Morgan fingerprint density at radius 2 is 2.18 bits per heavy atom. The fourth-order valence-corrected chi connectivity index (χ4v) is 3.25.